The van der Waals surface area contributed by atoms with Crippen LogP contribution in [0, 0.1) is 11.6 Å². The lowest BCUT2D eigenvalue weighted by atomic mass is 10.1. The van der Waals surface area contributed by atoms with Crippen LogP contribution in [0.15, 0.2) is 18.2 Å². The second-order valence-electron chi connectivity index (χ2n) is 6.84. The van der Waals surface area contributed by atoms with Gasteiger partial charge in [0.15, 0.2) is 17.3 Å². The molecule has 3 rings (SSSR count). The normalized spacial score (nSPS) is 17.3. The van der Waals surface area contributed by atoms with Gasteiger partial charge in [-0.2, -0.15) is 13.2 Å². The number of aromatic nitrogens is 3. The van der Waals surface area contributed by atoms with Crippen LogP contribution in [0.1, 0.15) is 30.0 Å². The van der Waals surface area contributed by atoms with Gasteiger partial charge in [-0.3, -0.25) is 4.79 Å². The summed E-state index contributed by atoms with van der Waals surface area (Å²) in [6, 6.07) is -0.351. The smallest absolute Gasteiger partial charge is 0.339 e. The van der Waals surface area contributed by atoms with E-state index in [0.717, 1.165) is 19.1 Å². The quantitative estimate of drug-likeness (QED) is 0.730. The molecule has 3 amide bonds. The molecule has 13 heteroatoms. The number of hydrogen-bond donors (Lipinski definition) is 2. The number of nitrogens with one attached hydrogen (secondary N) is 2. The number of hydrogen-bond acceptors (Lipinski definition) is 4. The molecule has 0 fully saturated rings. The average molecular weight is 432 g/mol. The van der Waals surface area contributed by atoms with Crippen molar-refractivity contribution in [2.75, 3.05) is 5.32 Å². The second kappa shape index (κ2) is 7.88. The van der Waals surface area contributed by atoms with E-state index < -0.39 is 41.8 Å². The molecule has 1 aromatic heterocycles. The van der Waals surface area contributed by atoms with E-state index >= 15 is 0 Å². The number of fused-ring (bicyclic) bond motifs is 1. The Hall–Kier alpha value is -3.25. The Balaban J connectivity index is 1.77. The monoisotopic (exact) mass is 432 g/mol. The first-order chi connectivity index (χ1) is 14.0. The van der Waals surface area contributed by atoms with Gasteiger partial charge in [0, 0.05) is 11.8 Å². The van der Waals surface area contributed by atoms with Gasteiger partial charge >= 0.3 is 12.2 Å². The van der Waals surface area contributed by atoms with E-state index in [1.165, 1.54) is 15.6 Å². The Morgan fingerprint density at radius 1 is 1.23 bits per heavy atom. The van der Waals surface area contributed by atoms with Gasteiger partial charge < -0.3 is 15.5 Å². The fourth-order valence-electron chi connectivity index (χ4n) is 2.87. The third-order valence-electron chi connectivity index (χ3n) is 4.61. The number of nitrogens with zero attached hydrogens (tertiary/aromatic N) is 4. The van der Waals surface area contributed by atoms with E-state index in [1.54, 1.807) is 12.2 Å². The first-order valence-electron chi connectivity index (χ1n) is 8.80. The van der Waals surface area contributed by atoms with Gasteiger partial charge in [-0.1, -0.05) is 5.21 Å². The van der Waals surface area contributed by atoms with Crippen LogP contribution in [0.4, 0.5) is 32.4 Å². The van der Waals surface area contributed by atoms with Gasteiger partial charge in [0.1, 0.15) is 6.04 Å². The lowest BCUT2D eigenvalue weighted by Crippen LogP contribution is -2.48. The van der Waals surface area contributed by atoms with Crippen LogP contribution in [0.2, 0.25) is 0 Å². The zero-order valence-electron chi connectivity index (χ0n) is 15.8. The Morgan fingerprint density at radius 3 is 2.57 bits per heavy atom. The Labute approximate surface area is 167 Å². The molecule has 2 aromatic rings. The Morgan fingerprint density at radius 2 is 1.93 bits per heavy atom. The standard InChI is InChI=1S/C17H17F5N6O2/c1-8-6-28-13(14(25-26-28)15(29)23-9(2)17(20,21)22)7-27(8)16(30)24-10-3-4-11(18)12(19)5-10/h3-5,8-9H,6-7H2,1-2H3,(H,23,29)(H,24,30)/t8?,9-/m1/s1. The van der Waals surface area contributed by atoms with Gasteiger partial charge in [0.2, 0.25) is 0 Å². The average Bonchev–Trinajstić information content (AvgIpc) is 3.05. The van der Waals surface area contributed by atoms with E-state index in [1.807, 2.05) is 0 Å². The molecule has 162 valence electrons. The van der Waals surface area contributed by atoms with Crippen molar-refractivity contribution in [1.82, 2.24) is 25.2 Å². The summed E-state index contributed by atoms with van der Waals surface area (Å²) in [7, 11) is 0. The zero-order chi connectivity index (χ0) is 22.2. The number of benzene rings is 1. The highest BCUT2D eigenvalue weighted by molar-refractivity contribution is 5.94. The van der Waals surface area contributed by atoms with E-state index in [2.05, 4.69) is 15.6 Å². The molecule has 30 heavy (non-hydrogen) atoms. The summed E-state index contributed by atoms with van der Waals surface area (Å²) in [5.74, 6) is -3.28. The highest BCUT2D eigenvalue weighted by Gasteiger charge is 2.39. The first kappa shape index (κ1) is 21.5. The van der Waals surface area contributed by atoms with Gasteiger partial charge in [0.05, 0.1) is 24.8 Å². The van der Waals surface area contributed by atoms with Crippen LogP contribution >= 0.6 is 0 Å². The second-order valence-corrected chi connectivity index (χ2v) is 6.84. The van der Waals surface area contributed by atoms with Crippen molar-refractivity contribution in [1.29, 1.82) is 0 Å². The van der Waals surface area contributed by atoms with Crippen molar-refractivity contribution in [2.24, 2.45) is 0 Å². The fraction of sp³-hybridized carbons (Fsp3) is 0.412. The molecular weight excluding hydrogens is 415 g/mol. The number of urea groups is 1. The van der Waals surface area contributed by atoms with Crippen LogP contribution < -0.4 is 10.6 Å². The molecule has 2 heterocycles. The van der Waals surface area contributed by atoms with Crippen molar-refractivity contribution < 1.29 is 31.5 Å². The summed E-state index contributed by atoms with van der Waals surface area (Å²) >= 11 is 0. The minimum absolute atomic E-state index is 0.0141. The molecule has 2 N–H and O–H groups in total. The maximum absolute atomic E-state index is 13.3. The van der Waals surface area contributed by atoms with Crippen molar-refractivity contribution >= 4 is 17.6 Å². The molecule has 8 nitrogen and oxygen atoms in total. The van der Waals surface area contributed by atoms with Crippen LogP contribution in [0.3, 0.4) is 0 Å². The molecule has 1 aromatic carbocycles. The van der Waals surface area contributed by atoms with Crippen molar-refractivity contribution in [3.63, 3.8) is 0 Å². The lowest BCUT2D eigenvalue weighted by Gasteiger charge is -2.33. The zero-order valence-corrected chi connectivity index (χ0v) is 15.8. The number of halogens is 5. The maximum atomic E-state index is 13.3. The summed E-state index contributed by atoms with van der Waals surface area (Å²) in [5, 5.41) is 11.6. The number of carbonyl (C=O) groups excluding carboxylic acids is 2. The Kier molecular flexibility index (Phi) is 5.63. The predicted octanol–water partition coefficient (Wildman–Crippen LogP) is 2.67. The topological polar surface area (TPSA) is 92.2 Å². The van der Waals surface area contributed by atoms with E-state index in [9.17, 15) is 31.5 Å². The number of amides is 3. The van der Waals surface area contributed by atoms with Crippen molar-refractivity contribution in [3.8, 4) is 0 Å². The van der Waals surface area contributed by atoms with Gasteiger partial charge in [-0.25, -0.2) is 18.3 Å². The largest absolute Gasteiger partial charge is 0.408 e. The highest BCUT2D eigenvalue weighted by Crippen LogP contribution is 2.23. The first-order valence-corrected chi connectivity index (χ1v) is 8.80. The molecule has 0 spiro atoms. The molecule has 2 atom stereocenters. The number of alkyl halides is 3. The lowest BCUT2D eigenvalue weighted by molar-refractivity contribution is -0.149. The van der Waals surface area contributed by atoms with Crippen LogP contribution in [-0.4, -0.2) is 50.1 Å². The van der Waals surface area contributed by atoms with Crippen LogP contribution in [-0.2, 0) is 13.1 Å². The minimum atomic E-state index is -4.63. The number of anilines is 1. The molecule has 1 aliphatic heterocycles. The number of rotatable bonds is 3. The molecule has 0 aliphatic carbocycles. The Bertz CT molecular complexity index is 976. The van der Waals surface area contributed by atoms with Gasteiger partial charge in [0.25, 0.3) is 5.91 Å². The third kappa shape index (κ3) is 4.33. The molecule has 1 aliphatic rings. The van der Waals surface area contributed by atoms with Crippen LogP contribution in [0.25, 0.3) is 0 Å². The van der Waals surface area contributed by atoms with Crippen molar-refractivity contribution in [3.05, 3.63) is 41.2 Å². The summed E-state index contributed by atoms with van der Waals surface area (Å²) in [4.78, 5) is 26.1. The van der Waals surface area contributed by atoms with E-state index in [4.69, 9.17) is 0 Å². The maximum Gasteiger partial charge on any atom is 0.408 e. The summed E-state index contributed by atoms with van der Waals surface area (Å²) in [6.07, 6.45) is -4.63. The molecule has 0 saturated heterocycles. The molecule has 0 saturated carbocycles. The van der Waals surface area contributed by atoms with Crippen LogP contribution in [0.5, 0.6) is 0 Å². The minimum Gasteiger partial charge on any atom is -0.339 e. The summed E-state index contributed by atoms with van der Waals surface area (Å²) in [5.41, 5.74) is -0.163. The van der Waals surface area contributed by atoms with Gasteiger partial charge in [-0.15, -0.1) is 5.10 Å². The fourth-order valence-corrected chi connectivity index (χ4v) is 2.87. The SMILES string of the molecule is CC1Cn2nnc(C(=O)N[C@H](C)C(F)(F)F)c2CN1C(=O)Nc1ccc(F)c(F)c1. The van der Waals surface area contributed by atoms with E-state index in [-0.39, 0.29) is 30.2 Å². The molecular formula is C17H17F5N6O2. The highest BCUT2D eigenvalue weighted by atomic mass is 19.4. The third-order valence-corrected chi connectivity index (χ3v) is 4.61. The molecule has 0 radical (unpaired) electrons. The predicted molar refractivity (Wildman–Crippen MR) is 93.4 cm³/mol. The summed E-state index contributed by atoms with van der Waals surface area (Å²) < 4.78 is 65.8. The molecule has 1 unspecified atom stereocenters. The molecule has 0 bridgehead atoms. The van der Waals surface area contributed by atoms with Gasteiger partial charge in [-0.05, 0) is 26.0 Å². The van der Waals surface area contributed by atoms with E-state index in [0.29, 0.717) is 0 Å². The summed E-state index contributed by atoms with van der Waals surface area (Å²) in [6.45, 7) is 2.43. The van der Waals surface area contributed by atoms with Crippen molar-refractivity contribution in [2.45, 2.75) is 45.2 Å². The number of carbonyl (C=O) groups is 2.